The molecule has 5 nitrogen and oxygen atoms in total. The zero-order valence-corrected chi connectivity index (χ0v) is 12.9. The van der Waals surface area contributed by atoms with Crippen LogP contribution in [0.3, 0.4) is 0 Å². The molecule has 1 unspecified atom stereocenters. The minimum Gasteiger partial charge on any atom is -0.491 e. The molecule has 6 heteroatoms. The van der Waals surface area contributed by atoms with Gasteiger partial charge in [0.25, 0.3) is 0 Å². The van der Waals surface area contributed by atoms with Gasteiger partial charge in [0, 0.05) is 13.1 Å². The van der Waals surface area contributed by atoms with Gasteiger partial charge in [-0.3, -0.25) is 0 Å². The van der Waals surface area contributed by atoms with Crippen LogP contribution in [0.1, 0.15) is 25.8 Å². The molecule has 1 aliphatic heterocycles. The largest absolute Gasteiger partial charge is 0.491 e. The summed E-state index contributed by atoms with van der Waals surface area (Å²) < 4.78 is 31.8. The molecule has 0 aliphatic carbocycles. The molecule has 1 heterocycles. The van der Waals surface area contributed by atoms with Crippen molar-refractivity contribution in [1.29, 1.82) is 0 Å². The average molecular weight is 299 g/mol. The van der Waals surface area contributed by atoms with E-state index in [1.54, 1.807) is 18.2 Å². The summed E-state index contributed by atoms with van der Waals surface area (Å²) >= 11 is 0. The van der Waals surface area contributed by atoms with Crippen molar-refractivity contribution < 1.29 is 18.3 Å². The number of hydrogen-bond donors (Lipinski definition) is 1. The Morgan fingerprint density at radius 3 is 2.60 bits per heavy atom. The number of benzene rings is 1. The number of β-amino-alcohol motifs (C(OH)–C–C–N with tert-alkyl or cyclic N) is 1. The standard InChI is InChI=1S/C14H21NO4S/c1-10(2)19-14-5-4-13(8-11(14)3)20(17,18)15-7-6-12(16)9-15/h4-5,8,10,12,16H,6-7,9H2,1-3H3. The van der Waals surface area contributed by atoms with Crippen LogP contribution in [0.4, 0.5) is 0 Å². The Hall–Kier alpha value is -1.11. The highest BCUT2D eigenvalue weighted by atomic mass is 32.2. The van der Waals surface area contributed by atoms with Crippen LogP contribution in [-0.2, 0) is 10.0 Å². The van der Waals surface area contributed by atoms with Gasteiger partial charge in [-0.05, 0) is 51.0 Å². The number of aliphatic hydroxyl groups excluding tert-OH is 1. The minimum absolute atomic E-state index is 0.0462. The summed E-state index contributed by atoms with van der Waals surface area (Å²) in [5.74, 6) is 0.695. The maximum absolute atomic E-state index is 12.4. The van der Waals surface area contributed by atoms with Crippen LogP contribution in [0.5, 0.6) is 5.75 Å². The summed E-state index contributed by atoms with van der Waals surface area (Å²) in [6.45, 7) is 6.22. The van der Waals surface area contributed by atoms with Gasteiger partial charge in [0.1, 0.15) is 5.75 Å². The maximum Gasteiger partial charge on any atom is 0.243 e. The van der Waals surface area contributed by atoms with Gasteiger partial charge < -0.3 is 9.84 Å². The Labute approximate surface area is 120 Å². The van der Waals surface area contributed by atoms with Crippen molar-refractivity contribution in [2.45, 2.75) is 44.3 Å². The van der Waals surface area contributed by atoms with Gasteiger partial charge in [0.15, 0.2) is 0 Å². The third kappa shape index (κ3) is 3.13. The molecule has 0 amide bonds. The van der Waals surface area contributed by atoms with E-state index in [9.17, 15) is 13.5 Å². The summed E-state index contributed by atoms with van der Waals surface area (Å²) in [6, 6.07) is 4.87. The summed E-state index contributed by atoms with van der Waals surface area (Å²) in [7, 11) is -3.52. The van der Waals surface area contributed by atoms with Gasteiger partial charge in [0.05, 0.1) is 17.1 Å². The van der Waals surface area contributed by atoms with Gasteiger partial charge in [-0.25, -0.2) is 8.42 Å². The zero-order valence-electron chi connectivity index (χ0n) is 12.0. The van der Waals surface area contributed by atoms with Crippen molar-refractivity contribution in [3.63, 3.8) is 0 Å². The van der Waals surface area contributed by atoms with E-state index in [4.69, 9.17) is 4.74 Å². The third-order valence-electron chi connectivity index (χ3n) is 3.27. The van der Waals surface area contributed by atoms with Crippen LogP contribution in [0, 0.1) is 6.92 Å². The topological polar surface area (TPSA) is 66.8 Å². The molecule has 1 fully saturated rings. The van der Waals surface area contributed by atoms with E-state index in [0.717, 1.165) is 5.56 Å². The monoisotopic (exact) mass is 299 g/mol. The average Bonchev–Trinajstić information content (AvgIpc) is 2.78. The normalized spacial score (nSPS) is 20.6. The summed E-state index contributed by atoms with van der Waals surface area (Å²) in [5, 5.41) is 9.48. The minimum atomic E-state index is -3.52. The van der Waals surface area contributed by atoms with Crippen LogP contribution < -0.4 is 4.74 Å². The number of hydrogen-bond acceptors (Lipinski definition) is 4. The number of rotatable bonds is 4. The van der Waals surface area contributed by atoms with Gasteiger partial charge in [-0.15, -0.1) is 0 Å². The lowest BCUT2D eigenvalue weighted by Crippen LogP contribution is -2.29. The lowest BCUT2D eigenvalue weighted by Gasteiger charge is -2.17. The second-order valence-electron chi connectivity index (χ2n) is 5.40. The Kier molecular flexibility index (Phi) is 4.36. The van der Waals surface area contributed by atoms with Gasteiger partial charge in [-0.1, -0.05) is 0 Å². The number of sulfonamides is 1. The second kappa shape index (κ2) is 5.71. The van der Waals surface area contributed by atoms with Crippen molar-refractivity contribution in [1.82, 2.24) is 4.31 Å². The van der Waals surface area contributed by atoms with Crippen molar-refractivity contribution >= 4 is 10.0 Å². The van der Waals surface area contributed by atoms with E-state index in [2.05, 4.69) is 0 Å². The van der Waals surface area contributed by atoms with E-state index >= 15 is 0 Å². The molecule has 2 rings (SSSR count). The molecule has 1 aromatic rings. The maximum atomic E-state index is 12.4. The quantitative estimate of drug-likeness (QED) is 0.916. The predicted octanol–water partition coefficient (Wildman–Crippen LogP) is 1.54. The fourth-order valence-corrected chi connectivity index (χ4v) is 3.82. The molecule has 0 saturated carbocycles. The van der Waals surface area contributed by atoms with Crippen LogP contribution >= 0.6 is 0 Å². The highest BCUT2D eigenvalue weighted by Gasteiger charge is 2.31. The van der Waals surface area contributed by atoms with E-state index in [0.29, 0.717) is 18.7 Å². The third-order valence-corrected chi connectivity index (χ3v) is 5.13. The van der Waals surface area contributed by atoms with E-state index < -0.39 is 16.1 Å². The fourth-order valence-electron chi connectivity index (χ4n) is 2.25. The highest BCUT2D eigenvalue weighted by molar-refractivity contribution is 7.89. The molecule has 112 valence electrons. The first-order valence-electron chi connectivity index (χ1n) is 6.76. The van der Waals surface area contributed by atoms with Crippen LogP contribution in [-0.4, -0.2) is 43.1 Å². The summed E-state index contributed by atoms with van der Waals surface area (Å²) in [5.41, 5.74) is 0.791. The molecule has 20 heavy (non-hydrogen) atoms. The van der Waals surface area contributed by atoms with Gasteiger partial charge in [0.2, 0.25) is 10.0 Å². The fraction of sp³-hybridized carbons (Fsp3) is 0.571. The first-order chi connectivity index (χ1) is 9.30. The Morgan fingerprint density at radius 1 is 1.40 bits per heavy atom. The predicted molar refractivity (Wildman–Crippen MR) is 76.3 cm³/mol. The smallest absolute Gasteiger partial charge is 0.243 e. The second-order valence-corrected chi connectivity index (χ2v) is 7.34. The van der Waals surface area contributed by atoms with Crippen LogP contribution in [0.15, 0.2) is 23.1 Å². The number of nitrogens with zero attached hydrogens (tertiary/aromatic N) is 1. The molecule has 0 aromatic heterocycles. The molecule has 0 bridgehead atoms. The van der Waals surface area contributed by atoms with Crippen LogP contribution in [0.25, 0.3) is 0 Å². The molecule has 1 saturated heterocycles. The van der Waals surface area contributed by atoms with Crippen molar-refractivity contribution in [3.05, 3.63) is 23.8 Å². The highest BCUT2D eigenvalue weighted by Crippen LogP contribution is 2.26. The molecule has 1 atom stereocenters. The van der Waals surface area contributed by atoms with Gasteiger partial charge >= 0.3 is 0 Å². The first-order valence-corrected chi connectivity index (χ1v) is 8.20. The molecule has 0 radical (unpaired) electrons. The van der Waals surface area contributed by atoms with Gasteiger partial charge in [-0.2, -0.15) is 4.31 Å². The molecule has 1 aliphatic rings. The number of aryl methyl sites for hydroxylation is 1. The SMILES string of the molecule is Cc1cc(S(=O)(=O)N2CCC(O)C2)ccc1OC(C)C. The number of aliphatic hydroxyl groups is 1. The molecular weight excluding hydrogens is 278 g/mol. The lowest BCUT2D eigenvalue weighted by molar-refractivity contribution is 0.189. The van der Waals surface area contributed by atoms with Crippen molar-refractivity contribution in [2.75, 3.05) is 13.1 Å². The Morgan fingerprint density at radius 2 is 2.10 bits per heavy atom. The molecular formula is C14H21NO4S. The van der Waals surface area contributed by atoms with E-state index in [1.165, 1.54) is 4.31 Å². The molecule has 1 N–H and O–H groups in total. The lowest BCUT2D eigenvalue weighted by atomic mass is 10.2. The van der Waals surface area contributed by atoms with Crippen molar-refractivity contribution in [3.8, 4) is 5.75 Å². The Balaban J connectivity index is 2.27. The van der Waals surface area contributed by atoms with E-state index in [1.807, 2.05) is 20.8 Å². The zero-order chi connectivity index (χ0) is 14.9. The molecule has 0 spiro atoms. The Bertz CT molecular complexity index is 583. The van der Waals surface area contributed by atoms with E-state index in [-0.39, 0.29) is 17.5 Å². The number of ether oxygens (including phenoxy) is 1. The summed E-state index contributed by atoms with van der Waals surface area (Å²) in [6.07, 6.45) is -0.0217. The molecule has 1 aromatic carbocycles. The van der Waals surface area contributed by atoms with Crippen molar-refractivity contribution in [2.24, 2.45) is 0 Å². The summed E-state index contributed by atoms with van der Waals surface area (Å²) in [4.78, 5) is 0.250. The first kappa shape index (κ1) is 15.3. The van der Waals surface area contributed by atoms with Crippen LogP contribution in [0.2, 0.25) is 0 Å².